The molecule has 1 amide bonds. The summed E-state index contributed by atoms with van der Waals surface area (Å²) >= 11 is 0. The summed E-state index contributed by atoms with van der Waals surface area (Å²) in [5.41, 5.74) is 3.80. The number of amides is 1. The second-order valence-electron chi connectivity index (χ2n) is 6.76. The van der Waals surface area contributed by atoms with E-state index < -0.39 is 11.9 Å². The van der Waals surface area contributed by atoms with Crippen molar-refractivity contribution < 1.29 is 19.1 Å². The van der Waals surface area contributed by atoms with Gasteiger partial charge in [0.1, 0.15) is 11.5 Å². The lowest BCUT2D eigenvalue weighted by Crippen LogP contribution is -2.18. The summed E-state index contributed by atoms with van der Waals surface area (Å²) in [6.45, 7) is 0. The largest absolute Gasteiger partial charge is 0.497 e. The molecule has 1 heterocycles. The molecule has 0 aliphatic carbocycles. The van der Waals surface area contributed by atoms with Crippen molar-refractivity contribution in [1.82, 2.24) is 10.4 Å². The van der Waals surface area contributed by atoms with E-state index in [1.165, 1.54) is 12.4 Å². The number of hydrazone groups is 1. The highest BCUT2D eigenvalue weighted by molar-refractivity contribution is 6.04. The maximum Gasteiger partial charge on any atom is 0.343 e. The number of methoxy groups -OCH3 is 1. The SMILES string of the molecule is COc1ccc(C(=O)Oc2ccc3ccccc3c2C=NNC(=O)c2cccnc2)cc1. The first-order valence-corrected chi connectivity index (χ1v) is 9.77. The Kier molecular flexibility index (Phi) is 6.17. The number of benzene rings is 3. The molecular formula is C25H19N3O4. The van der Waals surface area contributed by atoms with Gasteiger partial charge >= 0.3 is 5.97 Å². The number of fused-ring (bicyclic) bond motifs is 1. The van der Waals surface area contributed by atoms with Gasteiger partial charge in [0.05, 0.1) is 24.5 Å². The van der Waals surface area contributed by atoms with Crippen molar-refractivity contribution in [3.8, 4) is 11.5 Å². The summed E-state index contributed by atoms with van der Waals surface area (Å²) in [6.07, 6.45) is 4.50. The summed E-state index contributed by atoms with van der Waals surface area (Å²) in [6, 6.07) is 21.1. The van der Waals surface area contributed by atoms with E-state index in [1.54, 1.807) is 55.8 Å². The number of aromatic nitrogens is 1. The van der Waals surface area contributed by atoms with Crippen molar-refractivity contribution >= 4 is 28.9 Å². The number of carbonyl (C=O) groups excluding carboxylic acids is 2. The maximum atomic E-state index is 12.7. The van der Waals surface area contributed by atoms with E-state index in [4.69, 9.17) is 9.47 Å². The van der Waals surface area contributed by atoms with Crippen LogP contribution in [0.25, 0.3) is 10.8 Å². The van der Waals surface area contributed by atoms with Crippen molar-refractivity contribution in [3.05, 3.63) is 102 Å². The Labute approximate surface area is 184 Å². The van der Waals surface area contributed by atoms with Crippen molar-refractivity contribution in [2.24, 2.45) is 5.10 Å². The number of nitrogens with zero attached hydrogens (tertiary/aromatic N) is 2. The molecule has 0 saturated carbocycles. The molecule has 0 atom stereocenters. The third-order valence-corrected chi connectivity index (χ3v) is 4.74. The average Bonchev–Trinajstić information content (AvgIpc) is 2.85. The summed E-state index contributed by atoms with van der Waals surface area (Å²) in [5, 5.41) is 5.84. The average molecular weight is 425 g/mol. The number of esters is 1. The molecule has 0 radical (unpaired) electrons. The van der Waals surface area contributed by atoms with Crippen LogP contribution in [0.1, 0.15) is 26.3 Å². The van der Waals surface area contributed by atoms with E-state index in [9.17, 15) is 9.59 Å². The fraction of sp³-hybridized carbons (Fsp3) is 0.0400. The molecule has 0 saturated heterocycles. The van der Waals surface area contributed by atoms with E-state index in [0.29, 0.717) is 28.2 Å². The first-order chi connectivity index (χ1) is 15.7. The lowest BCUT2D eigenvalue weighted by molar-refractivity contribution is 0.0734. The molecule has 7 heteroatoms. The molecule has 0 spiro atoms. The van der Waals surface area contributed by atoms with Gasteiger partial charge in [-0.15, -0.1) is 0 Å². The molecule has 7 nitrogen and oxygen atoms in total. The van der Waals surface area contributed by atoms with Crippen LogP contribution >= 0.6 is 0 Å². The minimum atomic E-state index is -0.517. The van der Waals surface area contributed by atoms with Crippen LogP contribution in [-0.4, -0.2) is 30.2 Å². The minimum absolute atomic E-state index is 0.323. The van der Waals surface area contributed by atoms with Crippen LogP contribution in [0, 0.1) is 0 Å². The van der Waals surface area contributed by atoms with Gasteiger partial charge in [-0.3, -0.25) is 9.78 Å². The van der Waals surface area contributed by atoms with Crippen molar-refractivity contribution in [2.75, 3.05) is 7.11 Å². The van der Waals surface area contributed by atoms with Gasteiger partial charge in [0.2, 0.25) is 0 Å². The number of ether oxygens (including phenoxy) is 2. The van der Waals surface area contributed by atoms with E-state index >= 15 is 0 Å². The van der Waals surface area contributed by atoms with Crippen molar-refractivity contribution in [2.45, 2.75) is 0 Å². The van der Waals surface area contributed by atoms with Crippen molar-refractivity contribution in [1.29, 1.82) is 0 Å². The zero-order valence-corrected chi connectivity index (χ0v) is 17.2. The van der Waals surface area contributed by atoms with Crippen LogP contribution in [0.5, 0.6) is 11.5 Å². The first-order valence-electron chi connectivity index (χ1n) is 9.77. The summed E-state index contributed by atoms with van der Waals surface area (Å²) in [4.78, 5) is 28.8. The minimum Gasteiger partial charge on any atom is -0.497 e. The number of hydrogen-bond donors (Lipinski definition) is 1. The van der Waals surface area contributed by atoms with Gasteiger partial charge in [0, 0.05) is 18.0 Å². The second-order valence-corrected chi connectivity index (χ2v) is 6.76. The Hall–Kier alpha value is -4.52. The summed E-state index contributed by atoms with van der Waals surface area (Å²) in [7, 11) is 1.56. The number of nitrogens with one attached hydrogen (secondary N) is 1. The molecule has 0 unspecified atom stereocenters. The number of hydrogen-bond acceptors (Lipinski definition) is 6. The van der Waals surface area contributed by atoms with E-state index in [-0.39, 0.29) is 0 Å². The Morgan fingerprint density at radius 2 is 1.75 bits per heavy atom. The van der Waals surface area contributed by atoms with E-state index in [1.807, 2.05) is 30.3 Å². The Morgan fingerprint density at radius 1 is 0.938 bits per heavy atom. The lowest BCUT2D eigenvalue weighted by atomic mass is 10.0. The predicted octanol–water partition coefficient (Wildman–Crippen LogP) is 4.23. The smallest absolute Gasteiger partial charge is 0.343 e. The van der Waals surface area contributed by atoms with Crippen LogP contribution in [0.2, 0.25) is 0 Å². The number of pyridine rings is 1. The van der Waals surface area contributed by atoms with Gasteiger partial charge in [-0.1, -0.05) is 30.3 Å². The van der Waals surface area contributed by atoms with Crippen molar-refractivity contribution in [3.63, 3.8) is 0 Å². The molecular weight excluding hydrogens is 406 g/mol. The Balaban J connectivity index is 1.61. The van der Waals surface area contributed by atoms with Gasteiger partial charge in [-0.2, -0.15) is 5.10 Å². The Morgan fingerprint density at radius 3 is 2.50 bits per heavy atom. The van der Waals surface area contributed by atoms with E-state index in [0.717, 1.165) is 10.8 Å². The monoisotopic (exact) mass is 425 g/mol. The zero-order chi connectivity index (χ0) is 22.3. The molecule has 1 N–H and O–H groups in total. The number of carbonyl (C=O) groups is 2. The van der Waals surface area contributed by atoms with Gasteiger partial charge in [-0.25, -0.2) is 10.2 Å². The Bertz CT molecular complexity index is 1290. The molecule has 4 rings (SSSR count). The standard InChI is InChI=1S/C25H19N3O4/c1-31-20-11-8-18(9-12-20)25(30)32-23-13-10-17-5-2-3-7-21(17)22(23)16-27-28-24(29)19-6-4-14-26-15-19/h2-16H,1H3,(H,28,29). The van der Waals surface area contributed by atoms with Crippen LogP contribution in [0.4, 0.5) is 0 Å². The molecule has 0 fully saturated rings. The van der Waals surface area contributed by atoms with Crippen LogP contribution in [-0.2, 0) is 0 Å². The molecule has 4 aromatic rings. The quantitative estimate of drug-likeness (QED) is 0.216. The highest BCUT2D eigenvalue weighted by atomic mass is 16.5. The van der Waals surface area contributed by atoms with Gasteiger partial charge in [-0.05, 0) is 53.2 Å². The normalized spacial score (nSPS) is 10.8. The van der Waals surface area contributed by atoms with Crippen LogP contribution in [0.15, 0.2) is 90.3 Å². The molecule has 3 aromatic carbocycles. The third-order valence-electron chi connectivity index (χ3n) is 4.74. The summed E-state index contributed by atoms with van der Waals surface area (Å²) < 4.78 is 10.8. The van der Waals surface area contributed by atoms with Gasteiger partial charge in [0.25, 0.3) is 5.91 Å². The summed E-state index contributed by atoms with van der Waals surface area (Å²) in [5.74, 6) is 0.0525. The second kappa shape index (κ2) is 9.53. The zero-order valence-electron chi connectivity index (χ0n) is 17.2. The highest BCUT2D eigenvalue weighted by Crippen LogP contribution is 2.27. The molecule has 1 aromatic heterocycles. The molecule has 32 heavy (non-hydrogen) atoms. The van der Waals surface area contributed by atoms with E-state index in [2.05, 4.69) is 15.5 Å². The predicted molar refractivity (Wildman–Crippen MR) is 121 cm³/mol. The van der Waals surface area contributed by atoms with Crippen LogP contribution < -0.4 is 14.9 Å². The molecule has 0 aliphatic rings. The number of rotatable bonds is 6. The van der Waals surface area contributed by atoms with Crippen LogP contribution in [0.3, 0.4) is 0 Å². The topological polar surface area (TPSA) is 89.9 Å². The molecule has 158 valence electrons. The highest BCUT2D eigenvalue weighted by Gasteiger charge is 2.14. The van der Waals surface area contributed by atoms with Gasteiger partial charge < -0.3 is 9.47 Å². The molecule has 0 aliphatic heterocycles. The fourth-order valence-corrected chi connectivity index (χ4v) is 3.10. The van der Waals surface area contributed by atoms with Gasteiger partial charge in [0.15, 0.2) is 0 Å². The maximum absolute atomic E-state index is 12.7. The molecule has 0 bridgehead atoms. The lowest BCUT2D eigenvalue weighted by Gasteiger charge is -2.11. The third kappa shape index (κ3) is 4.62. The first kappa shape index (κ1) is 20.7. The fourth-order valence-electron chi connectivity index (χ4n) is 3.10.